The highest BCUT2D eigenvalue weighted by atomic mass is 16.5. The number of rotatable bonds is 7. The van der Waals surface area contributed by atoms with E-state index in [2.05, 4.69) is 20.8 Å². The van der Waals surface area contributed by atoms with Crippen LogP contribution >= 0.6 is 0 Å². The summed E-state index contributed by atoms with van der Waals surface area (Å²) in [7, 11) is 1.82. The van der Waals surface area contributed by atoms with Crippen LogP contribution in [0.3, 0.4) is 0 Å². The van der Waals surface area contributed by atoms with Crippen molar-refractivity contribution in [3.8, 4) is 5.75 Å². The smallest absolute Gasteiger partial charge is 0.223 e. The number of benzene rings is 1. The molecule has 1 atom stereocenters. The van der Waals surface area contributed by atoms with Crippen LogP contribution in [0.4, 0.5) is 0 Å². The molecule has 0 fully saturated rings. The third kappa shape index (κ3) is 6.63. The minimum atomic E-state index is -0.118. The minimum absolute atomic E-state index is 0.0487. The van der Waals surface area contributed by atoms with E-state index >= 15 is 0 Å². The molecule has 4 heteroatoms. The number of carbonyl (C=O) groups is 1. The molecule has 4 nitrogen and oxygen atoms in total. The van der Waals surface area contributed by atoms with E-state index in [0.717, 1.165) is 12.2 Å². The van der Waals surface area contributed by atoms with Gasteiger partial charge in [-0.1, -0.05) is 39.0 Å². The molecule has 118 valence electrons. The van der Waals surface area contributed by atoms with Gasteiger partial charge in [0.05, 0.1) is 6.61 Å². The average molecular weight is 292 g/mol. The number of para-hydroxylation sites is 1. The molecule has 0 aliphatic carbocycles. The van der Waals surface area contributed by atoms with Gasteiger partial charge in [-0.05, 0) is 24.0 Å². The van der Waals surface area contributed by atoms with E-state index in [-0.39, 0.29) is 17.4 Å². The standard InChI is InChI=1S/C17H28N2O2/c1-17(2,3)15(18)13-16(20)19(4)11-8-12-21-14-9-6-5-7-10-14/h5-7,9-10,15H,8,11-13,18H2,1-4H3. The highest BCUT2D eigenvalue weighted by Crippen LogP contribution is 2.20. The van der Waals surface area contributed by atoms with Crippen LogP contribution in [0.1, 0.15) is 33.6 Å². The molecule has 1 aromatic carbocycles. The zero-order valence-corrected chi connectivity index (χ0v) is 13.6. The summed E-state index contributed by atoms with van der Waals surface area (Å²) in [6.45, 7) is 7.45. The molecular formula is C17H28N2O2. The van der Waals surface area contributed by atoms with Gasteiger partial charge in [-0.15, -0.1) is 0 Å². The molecule has 1 rings (SSSR count). The van der Waals surface area contributed by atoms with Gasteiger partial charge in [-0.3, -0.25) is 4.79 Å². The molecule has 0 spiro atoms. The summed E-state index contributed by atoms with van der Waals surface area (Å²) in [6.07, 6.45) is 1.20. The predicted octanol–water partition coefficient (Wildman–Crippen LogP) is 2.68. The second-order valence-corrected chi connectivity index (χ2v) is 6.51. The largest absolute Gasteiger partial charge is 0.494 e. The Balaban J connectivity index is 2.24. The molecule has 0 radical (unpaired) electrons. The third-order valence-electron chi connectivity index (χ3n) is 3.58. The topological polar surface area (TPSA) is 55.6 Å². The van der Waals surface area contributed by atoms with Crippen molar-refractivity contribution in [1.29, 1.82) is 0 Å². The van der Waals surface area contributed by atoms with Gasteiger partial charge >= 0.3 is 0 Å². The molecule has 2 N–H and O–H groups in total. The average Bonchev–Trinajstić information content (AvgIpc) is 2.43. The molecule has 0 saturated heterocycles. The maximum absolute atomic E-state index is 12.1. The first-order valence-electron chi connectivity index (χ1n) is 7.48. The Morgan fingerprint density at radius 2 is 1.90 bits per heavy atom. The number of nitrogens with two attached hydrogens (primary N) is 1. The van der Waals surface area contributed by atoms with E-state index in [1.54, 1.807) is 4.90 Å². The van der Waals surface area contributed by atoms with E-state index in [9.17, 15) is 4.79 Å². The van der Waals surface area contributed by atoms with Crippen molar-refractivity contribution in [1.82, 2.24) is 4.90 Å². The lowest BCUT2D eigenvalue weighted by atomic mass is 9.85. The number of ether oxygens (including phenoxy) is 1. The van der Waals surface area contributed by atoms with E-state index in [4.69, 9.17) is 10.5 Å². The molecule has 0 aliphatic heterocycles. The van der Waals surface area contributed by atoms with Crippen LogP contribution in [-0.4, -0.2) is 37.0 Å². The van der Waals surface area contributed by atoms with Crippen molar-refractivity contribution in [3.63, 3.8) is 0 Å². The number of hydrogen-bond donors (Lipinski definition) is 1. The molecular weight excluding hydrogens is 264 g/mol. The fourth-order valence-electron chi connectivity index (χ4n) is 1.78. The van der Waals surface area contributed by atoms with Crippen molar-refractivity contribution < 1.29 is 9.53 Å². The summed E-state index contributed by atoms with van der Waals surface area (Å²) in [5.74, 6) is 0.957. The molecule has 0 aromatic heterocycles. The molecule has 0 bridgehead atoms. The normalized spacial score (nSPS) is 12.8. The van der Waals surface area contributed by atoms with E-state index in [1.807, 2.05) is 37.4 Å². The number of amides is 1. The van der Waals surface area contributed by atoms with Crippen molar-refractivity contribution in [2.45, 2.75) is 39.7 Å². The molecule has 1 aromatic rings. The zero-order chi connectivity index (χ0) is 15.9. The Morgan fingerprint density at radius 1 is 1.29 bits per heavy atom. The highest BCUT2D eigenvalue weighted by molar-refractivity contribution is 5.76. The van der Waals surface area contributed by atoms with Gasteiger partial charge in [0.1, 0.15) is 5.75 Å². The lowest BCUT2D eigenvalue weighted by molar-refractivity contribution is -0.130. The lowest BCUT2D eigenvalue weighted by Gasteiger charge is -2.28. The van der Waals surface area contributed by atoms with Crippen LogP contribution in [-0.2, 0) is 4.79 Å². The lowest BCUT2D eigenvalue weighted by Crippen LogP contribution is -2.41. The van der Waals surface area contributed by atoms with Gasteiger partial charge in [0.25, 0.3) is 0 Å². The number of nitrogens with zero attached hydrogens (tertiary/aromatic N) is 1. The van der Waals surface area contributed by atoms with Crippen LogP contribution < -0.4 is 10.5 Å². The quantitative estimate of drug-likeness (QED) is 0.786. The van der Waals surface area contributed by atoms with Crippen molar-refractivity contribution in [3.05, 3.63) is 30.3 Å². The van der Waals surface area contributed by atoms with Crippen molar-refractivity contribution in [2.24, 2.45) is 11.1 Å². The van der Waals surface area contributed by atoms with Gasteiger partial charge in [0.15, 0.2) is 0 Å². The Hall–Kier alpha value is -1.55. The fourth-order valence-corrected chi connectivity index (χ4v) is 1.78. The monoisotopic (exact) mass is 292 g/mol. The summed E-state index contributed by atoms with van der Waals surface area (Å²) in [4.78, 5) is 13.8. The zero-order valence-electron chi connectivity index (χ0n) is 13.6. The first-order valence-corrected chi connectivity index (χ1v) is 7.48. The molecule has 1 amide bonds. The summed E-state index contributed by atoms with van der Waals surface area (Å²) >= 11 is 0. The fraction of sp³-hybridized carbons (Fsp3) is 0.588. The first kappa shape index (κ1) is 17.5. The second-order valence-electron chi connectivity index (χ2n) is 6.51. The maximum atomic E-state index is 12.1. The summed E-state index contributed by atoms with van der Waals surface area (Å²) in [5.41, 5.74) is 6.00. The van der Waals surface area contributed by atoms with Crippen LogP contribution in [0.2, 0.25) is 0 Å². The van der Waals surface area contributed by atoms with Crippen LogP contribution in [0.15, 0.2) is 30.3 Å². The molecule has 0 saturated carbocycles. The summed E-state index contributed by atoms with van der Waals surface area (Å²) < 4.78 is 5.61. The van der Waals surface area contributed by atoms with Gasteiger partial charge in [-0.2, -0.15) is 0 Å². The van der Waals surface area contributed by atoms with Crippen LogP contribution in [0.25, 0.3) is 0 Å². The molecule has 21 heavy (non-hydrogen) atoms. The SMILES string of the molecule is CN(CCCOc1ccccc1)C(=O)CC(N)C(C)(C)C. The summed E-state index contributed by atoms with van der Waals surface area (Å²) in [5, 5.41) is 0. The minimum Gasteiger partial charge on any atom is -0.494 e. The van der Waals surface area contributed by atoms with Crippen LogP contribution in [0.5, 0.6) is 5.75 Å². The Labute approximate surface area is 128 Å². The Bertz CT molecular complexity index is 426. The van der Waals surface area contributed by atoms with Gasteiger partial charge in [0, 0.05) is 26.1 Å². The second kappa shape index (κ2) is 8.03. The highest BCUT2D eigenvalue weighted by Gasteiger charge is 2.24. The van der Waals surface area contributed by atoms with E-state index in [0.29, 0.717) is 19.6 Å². The van der Waals surface area contributed by atoms with E-state index in [1.165, 1.54) is 0 Å². The molecule has 0 aliphatic rings. The first-order chi connectivity index (χ1) is 9.80. The predicted molar refractivity (Wildman–Crippen MR) is 86.2 cm³/mol. The van der Waals surface area contributed by atoms with E-state index < -0.39 is 0 Å². The van der Waals surface area contributed by atoms with Gasteiger partial charge < -0.3 is 15.4 Å². The van der Waals surface area contributed by atoms with Gasteiger partial charge in [-0.25, -0.2) is 0 Å². The molecule has 1 unspecified atom stereocenters. The van der Waals surface area contributed by atoms with Crippen LogP contribution in [0, 0.1) is 5.41 Å². The summed E-state index contributed by atoms with van der Waals surface area (Å²) in [6, 6.07) is 9.58. The van der Waals surface area contributed by atoms with Crippen molar-refractivity contribution >= 4 is 5.91 Å². The Morgan fingerprint density at radius 3 is 2.48 bits per heavy atom. The third-order valence-corrected chi connectivity index (χ3v) is 3.58. The Kier molecular flexibility index (Phi) is 6.69. The molecule has 0 heterocycles. The maximum Gasteiger partial charge on any atom is 0.223 e. The number of carbonyl (C=O) groups excluding carboxylic acids is 1. The number of hydrogen-bond acceptors (Lipinski definition) is 3. The van der Waals surface area contributed by atoms with Crippen molar-refractivity contribution in [2.75, 3.05) is 20.2 Å². The van der Waals surface area contributed by atoms with Gasteiger partial charge in [0.2, 0.25) is 5.91 Å².